The molecule has 2 aromatic carbocycles. The van der Waals surface area contributed by atoms with Gasteiger partial charge in [0.05, 0.1) is 7.11 Å². The van der Waals surface area contributed by atoms with Crippen molar-refractivity contribution >= 4 is 17.5 Å². The Bertz CT molecular complexity index is 1210. The van der Waals surface area contributed by atoms with Gasteiger partial charge in [0, 0.05) is 29.3 Å². The number of phenolic OH excluding ortho intramolecular Hbond substituents is 1. The minimum absolute atomic E-state index is 0.00820. The summed E-state index contributed by atoms with van der Waals surface area (Å²) in [5.41, 5.74) is 3.85. The van der Waals surface area contributed by atoms with E-state index in [1.807, 2.05) is 25.1 Å². The Hall–Kier alpha value is -3.41. The molecule has 0 spiro atoms. The van der Waals surface area contributed by atoms with Gasteiger partial charge in [-0.3, -0.25) is 14.6 Å². The number of ether oxygens (including phenoxy) is 2. The number of rotatable bonds is 5. The molecular formula is C30H33NO5. The van der Waals surface area contributed by atoms with Gasteiger partial charge >= 0.3 is 5.97 Å². The number of hydrogen-bond acceptors (Lipinski definition) is 6. The third-order valence-electron chi connectivity index (χ3n) is 7.81. The van der Waals surface area contributed by atoms with Crippen LogP contribution in [-0.4, -0.2) is 35.8 Å². The average Bonchev–Trinajstić information content (AvgIpc) is 2.89. The molecule has 3 atom stereocenters. The van der Waals surface area contributed by atoms with Crippen molar-refractivity contribution in [1.82, 2.24) is 0 Å². The van der Waals surface area contributed by atoms with E-state index in [9.17, 15) is 14.7 Å². The number of phenols is 1. The van der Waals surface area contributed by atoms with Crippen molar-refractivity contribution in [2.24, 2.45) is 10.9 Å². The van der Waals surface area contributed by atoms with Gasteiger partial charge in [0.15, 0.2) is 17.3 Å². The molecule has 0 saturated heterocycles. The number of nitrogens with zero attached hydrogens (tertiary/aromatic N) is 1. The first-order valence-corrected chi connectivity index (χ1v) is 12.9. The first-order chi connectivity index (χ1) is 17.5. The van der Waals surface area contributed by atoms with Crippen LogP contribution in [-0.2, 0) is 14.3 Å². The van der Waals surface area contributed by atoms with Crippen LogP contribution in [0.3, 0.4) is 0 Å². The first kappa shape index (κ1) is 24.3. The highest BCUT2D eigenvalue weighted by Crippen LogP contribution is 2.48. The first-order valence-electron chi connectivity index (χ1n) is 12.9. The normalized spacial score (nSPS) is 24.7. The lowest BCUT2D eigenvalue weighted by molar-refractivity contribution is -0.153. The summed E-state index contributed by atoms with van der Waals surface area (Å²) < 4.78 is 11.4. The predicted octanol–water partition coefficient (Wildman–Crippen LogP) is 5.85. The molecule has 5 rings (SSSR count). The van der Waals surface area contributed by atoms with Gasteiger partial charge in [-0.1, -0.05) is 42.8 Å². The van der Waals surface area contributed by atoms with Crippen molar-refractivity contribution in [2.75, 3.05) is 7.11 Å². The predicted molar refractivity (Wildman–Crippen MR) is 137 cm³/mol. The van der Waals surface area contributed by atoms with Crippen LogP contribution in [0.1, 0.15) is 74.8 Å². The van der Waals surface area contributed by atoms with E-state index in [4.69, 9.17) is 14.5 Å². The van der Waals surface area contributed by atoms with Crippen LogP contribution in [0.15, 0.2) is 64.8 Å². The van der Waals surface area contributed by atoms with Crippen molar-refractivity contribution < 1.29 is 24.2 Å². The quantitative estimate of drug-likeness (QED) is 0.535. The molecule has 0 aromatic heterocycles. The van der Waals surface area contributed by atoms with Crippen LogP contribution in [0.25, 0.3) is 0 Å². The van der Waals surface area contributed by atoms with E-state index >= 15 is 0 Å². The number of aliphatic imine (C=N–C) groups is 1. The molecule has 0 bridgehead atoms. The fourth-order valence-electron chi connectivity index (χ4n) is 5.99. The van der Waals surface area contributed by atoms with Crippen LogP contribution in [0, 0.1) is 5.92 Å². The monoisotopic (exact) mass is 487 g/mol. The number of carbonyl (C=O) groups excluding carboxylic acids is 2. The Morgan fingerprint density at radius 1 is 1.00 bits per heavy atom. The second kappa shape index (κ2) is 10.3. The second-order valence-corrected chi connectivity index (χ2v) is 10.1. The van der Waals surface area contributed by atoms with Gasteiger partial charge in [0.2, 0.25) is 0 Å². The molecule has 2 aliphatic carbocycles. The molecule has 6 nitrogen and oxygen atoms in total. The van der Waals surface area contributed by atoms with Crippen molar-refractivity contribution in [1.29, 1.82) is 0 Å². The van der Waals surface area contributed by atoms with E-state index in [0.717, 1.165) is 42.5 Å². The van der Waals surface area contributed by atoms with Crippen molar-refractivity contribution in [3.8, 4) is 11.5 Å². The number of methoxy groups -OCH3 is 1. The summed E-state index contributed by atoms with van der Waals surface area (Å²) >= 11 is 0. The smallest absolute Gasteiger partial charge is 0.315 e. The van der Waals surface area contributed by atoms with Gasteiger partial charge in [-0.25, -0.2) is 0 Å². The molecule has 2 aromatic rings. The summed E-state index contributed by atoms with van der Waals surface area (Å²) in [4.78, 5) is 32.2. The van der Waals surface area contributed by atoms with Crippen molar-refractivity contribution in [2.45, 2.75) is 69.8 Å². The lowest BCUT2D eigenvalue weighted by Gasteiger charge is -2.37. The standard InChI is InChI=1S/C30H33NO5/c1-18-27(30(34)36-22-11-7-4-8-12-22)28(20-13-14-24(32)26(17-20)35-2)29-23(31-18)15-21(16-25(29)33)19-9-5-3-6-10-19/h3,5-6,9-10,13-14,17,21-22,27-28,32H,4,7-8,11-12,15-16H2,1-2H3/t21-,27?,28+/m0/s1. The number of Topliss-reactive ketones (excluding diaryl/α,β-unsaturated/α-hetero) is 1. The SMILES string of the molecule is COc1cc([C@H]2C3=C(C[C@H](c4ccccc4)CC3=O)N=C(C)C2C(=O)OC2CCCCC2)ccc1O. The number of ketones is 1. The molecule has 1 fully saturated rings. The minimum Gasteiger partial charge on any atom is -0.504 e. The molecular weight excluding hydrogens is 454 g/mol. The zero-order chi connectivity index (χ0) is 25.2. The molecule has 6 heteroatoms. The number of allylic oxidation sites excluding steroid dienone is 2. The highest BCUT2D eigenvalue weighted by Gasteiger charge is 2.45. The highest BCUT2D eigenvalue weighted by molar-refractivity contribution is 6.09. The van der Waals surface area contributed by atoms with Gasteiger partial charge in [-0.15, -0.1) is 0 Å². The Morgan fingerprint density at radius 2 is 1.75 bits per heavy atom. The summed E-state index contributed by atoms with van der Waals surface area (Å²) in [7, 11) is 1.49. The lowest BCUT2D eigenvalue weighted by atomic mass is 9.69. The summed E-state index contributed by atoms with van der Waals surface area (Å²) in [6, 6.07) is 15.1. The molecule has 1 N–H and O–H groups in total. The summed E-state index contributed by atoms with van der Waals surface area (Å²) in [5.74, 6) is -1.19. The number of benzene rings is 2. The van der Waals surface area contributed by atoms with Crippen LogP contribution >= 0.6 is 0 Å². The Labute approximate surface area is 212 Å². The summed E-state index contributed by atoms with van der Waals surface area (Å²) in [5, 5.41) is 10.2. The van der Waals surface area contributed by atoms with Gasteiger partial charge < -0.3 is 14.6 Å². The maximum absolute atomic E-state index is 13.7. The largest absolute Gasteiger partial charge is 0.504 e. The van der Waals surface area contributed by atoms with Gasteiger partial charge in [0.1, 0.15) is 12.0 Å². The van der Waals surface area contributed by atoms with E-state index in [1.54, 1.807) is 18.2 Å². The van der Waals surface area contributed by atoms with Gasteiger partial charge in [-0.2, -0.15) is 0 Å². The molecule has 0 amide bonds. The van der Waals surface area contributed by atoms with E-state index in [-0.39, 0.29) is 29.5 Å². The average molecular weight is 488 g/mol. The Kier molecular flexibility index (Phi) is 6.95. The summed E-state index contributed by atoms with van der Waals surface area (Å²) in [6.07, 6.45) is 5.95. The number of hydrogen-bond donors (Lipinski definition) is 1. The van der Waals surface area contributed by atoms with E-state index in [0.29, 0.717) is 29.9 Å². The Morgan fingerprint density at radius 3 is 2.47 bits per heavy atom. The fourth-order valence-corrected chi connectivity index (χ4v) is 5.99. The minimum atomic E-state index is -0.697. The van der Waals surface area contributed by atoms with Gasteiger partial charge in [0.25, 0.3) is 0 Å². The fraction of sp³-hybridized carbons (Fsp3) is 0.433. The van der Waals surface area contributed by atoms with Crippen LogP contribution in [0.5, 0.6) is 11.5 Å². The molecule has 188 valence electrons. The molecule has 1 heterocycles. The third-order valence-corrected chi connectivity index (χ3v) is 7.81. The van der Waals surface area contributed by atoms with Gasteiger partial charge in [-0.05, 0) is 68.2 Å². The van der Waals surface area contributed by atoms with Crippen molar-refractivity contribution in [3.05, 3.63) is 70.9 Å². The van der Waals surface area contributed by atoms with Crippen LogP contribution in [0.2, 0.25) is 0 Å². The third kappa shape index (κ3) is 4.69. The summed E-state index contributed by atoms with van der Waals surface area (Å²) in [6.45, 7) is 1.86. The molecule has 1 unspecified atom stereocenters. The Balaban J connectivity index is 1.55. The maximum atomic E-state index is 13.7. The lowest BCUT2D eigenvalue weighted by Crippen LogP contribution is -2.39. The van der Waals surface area contributed by atoms with Crippen molar-refractivity contribution in [3.63, 3.8) is 0 Å². The molecule has 0 radical (unpaired) electrons. The van der Waals surface area contributed by atoms with Crippen LogP contribution < -0.4 is 4.74 Å². The molecule has 1 saturated carbocycles. The zero-order valence-corrected chi connectivity index (χ0v) is 20.9. The van der Waals surface area contributed by atoms with E-state index < -0.39 is 11.8 Å². The molecule has 36 heavy (non-hydrogen) atoms. The highest BCUT2D eigenvalue weighted by atomic mass is 16.5. The van der Waals surface area contributed by atoms with E-state index in [1.165, 1.54) is 13.5 Å². The topological polar surface area (TPSA) is 85.2 Å². The molecule has 1 aliphatic heterocycles. The molecule has 3 aliphatic rings. The second-order valence-electron chi connectivity index (χ2n) is 10.1. The number of aromatic hydroxyl groups is 1. The van der Waals surface area contributed by atoms with Crippen LogP contribution in [0.4, 0.5) is 0 Å². The number of esters is 1. The zero-order valence-electron chi connectivity index (χ0n) is 20.9. The van der Waals surface area contributed by atoms with E-state index in [2.05, 4.69) is 12.1 Å². The maximum Gasteiger partial charge on any atom is 0.315 e. The number of carbonyl (C=O) groups is 2.